The monoisotopic (exact) mass is 273 g/mol. The highest BCUT2D eigenvalue weighted by Gasteiger charge is 2.29. The van der Waals surface area contributed by atoms with Gasteiger partial charge in [0.1, 0.15) is 0 Å². The van der Waals surface area contributed by atoms with Gasteiger partial charge in [-0.05, 0) is 29.9 Å². The number of rotatable bonds is 3. The molecule has 0 spiro atoms. The molecule has 2 rings (SSSR count). The molecule has 1 atom stereocenters. The quantitative estimate of drug-likeness (QED) is 0.901. The smallest absolute Gasteiger partial charge is 0.261 e. The second kappa shape index (κ2) is 4.78. The average molecular weight is 273 g/mol. The molecule has 0 bridgehead atoms. The predicted molar refractivity (Wildman–Crippen MR) is 68.2 cm³/mol. The van der Waals surface area contributed by atoms with E-state index in [0.717, 1.165) is 12.0 Å². The molecule has 1 aliphatic heterocycles. The molecule has 1 saturated heterocycles. The molecule has 94 valence electrons. The first kappa shape index (κ1) is 12.6. The minimum atomic E-state index is -2.94. The zero-order valence-electron chi connectivity index (χ0n) is 9.60. The summed E-state index contributed by atoms with van der Waals surface area (Å²) in [4.78, 5) is 12.7. The molecular formula is C11H15NO3S2. The van der Waals surface area contributed by atoms with Crippen LogP contribution in [-0.4, -0.2) is 31.9 Å². The molecule has 1 aliphatic rings. The number of hydrogen-bond donors (Lipinski definition) is 1. The SMILES string of the molecule is CCc1ccsc1C(=O)NC1CCS(=O)(=O)C1. The van der Waals surface area contributed by atoms with E-state index in [1.807, 2.05) is 18.4 Å². The van der Waals surface area contributed by atoms with Gasteiger partial charge >= 0.3 is 0 Å². The summed E-state index contributed by atoms with van der Waals surface area (Å²) in [6, 6.07) is 1.71. The van der Waals surface area contributed by atoms with Crippen molar-refractivity contribution in [2.45, 2.75) is 25.8 Å². The van der Waals surface area contributed by atoms with Crippen LogP contribution in [0.4, 0.5) is 0 Å². The zero-order chi connectivity index (χ0) is 12.5. The fourth-order valence-electron chi connectivity index (χ4n) is 1.97. The van der Waals surface area contributed by atoms with Crippen molar-refractivity contribution in [1.29, 1.82) is 0 Å². The maximum atomic E-state index is 12.0. The summed E-state index contributed by atoms with van der Waals surface area (Å²) < 4.78 is 22.6. The van der Waals surface area contributed by atoms with Crippen LogP contribution in [0.1, 0.15) is 28.6 Å². The fourth-order valence-corrected chi connectivity index (χ4v) is 4.54. The maximum Gasteiger partial charge on any atom is 0.261 e. The standard InChI is InChI=1S/C11H15NO3S2/c1-2-8-3-5-16-10(8)11(13)12-9-4-6-17(14,15)7-9/h3,5,9H,2,4,6-7H2,1H3,(H,12,13). The first-order chi connectivity index (χ1) is 8.02. The number of carbonyl (C=O) groups is 1. The van der Waals surface area contributed by atoms with Gasteiger partial charge in [0.2, 0.25) is 0 Å². The molecule has 2 heterocycles. The van der Waals surface area contributed by atoms with E-state index in [4.69, 9.17) is 0 Å². The highest BCUT2D eigenvalue weighted by Crippen LogP contribution is 2.18. The van der Waals surface area contributed by atoms with Gasteiger partial charge in [0.05, 0.1) is 16.4 Å². The van der Waals surface area contributed by atoms with Crippen LogP contribution in [0.2, 0.25) is 0 Å². The largest absolute Gasteiger partial charge is 0.348 e. The van der Waals surface area contributed by atoms with E-state index in [0.29, 0.717) is 11.3 Å². The van der Waals surface area contributed by atoms with E-state index in [1.165, 1.54) is 11.3 Å². The van der Waals surface area contributed by atoms with Crippen molar-refractivity contribution < 1.29 is 13.2 Å². The lowest BCUT2D eigenvalue weighted by atomic mass is 10.2. The molecule has 4 nitrogen and oxygen atoms in total. The van der Waals surface area contributed by atoms with Crippen molar-refractivity contribution in [1.82, 2.24) is 5.32 Å². The van der Waals surface area contributed by atoms with Crippen molar-refractivity contribution in [2.24, 2.45) is 0 Å². The lowest BCUT2D eigenvalue weighted by Crippen LogP contribution is -2.35. The lowest BCUT2D eigenvalue weighted by Gasteiger charge is -2.10. The first-order valence-corrected chi connectivity index (χ1v) is 8.29. The highest BCUT2D eigenvalue weighted by atomic mass is 32.2. The molecule has 17 heavy (non-hydrogen) atoms. The Hall–Kier alpha value is -0.880. The van der Waals surface area contributed by atoms with Crippen LogP contribution in [-0.2, 0) is 16.3 Å². The summed E-state index contributed by atoms with van der Waals surface area (Å²) in [5.41, 5.74) is 1.02. The minimum Gasteiger partial charge on any atom is -0.348 e. The van der Waals surface area contributed by atoms with E-state index >= 15 is 0 Å². The third-order valence-electron chi connectivity index (χ3n) is 2.90. The van der Waals surface area contributed by atoms with Crippen molar-refractivity contribution in [3.05, 3.63) is 21.9 Å². The van der Waals surface area contributed by atoms with Crippen molar-refractivity contribution in [3.63, 3.8) is 0 Å². The first-order valence-electron chi connectivity index (χ1n) is 5.59. The number of aryl methyl sites for hydroxylation is 1. The van der Waals surface area contributed by atoms with Gasteiger partial charge in [0, 0.05) is 6.04 Å². The Morgan fingerprint density at radius 2 is 2.35 bits per heavy atom. The molecule has 1 fully saturated rings. The fraction of sp³-hybridized carbons (Fsp3) is 0.545. The second-order valence-electron chi connectivity index (χ2n) is 4.20. The van der Waals surface area contributed by atoms with Gasteiger partial charge in [0.15, 0.2) is 9.84 Å². The summed E-state index contributed by atoms with van der Waals surface area (Å²) in [6.07, 6.45) is 1.34. The van der Waals surface area contributed by atoms with Crippen LogP contribution in [0.3, 0.4) is 0 Å². The van der Waals surface area contributed by atoms with Gasteiger partial charge < -0.3 is 5.32 Å². The lowest BCUT2D eigenvalue weighted by molar-refractivity contribution is 0.0944. The number of hydrogen-bond acceptors (Lipinski definition) is 4. The molecule has 1 amide bonds. The summed E-state index contributed by atoms with van der Waals surface area (Å²) in [5.74, 6) is 0.119. The van der Waals surface area contributed by atoms with E-state index in [1.54, 1.807) is 0 Å². The van der Waals surface area contributed by atoms with E-state index in [2.05, 4.69) is 5.32 Å². The number of carbonyl (C=O) groups excluding carboxylic acids is 1. The normalized spacial score (nSPS) is 22.5. The third kappa shape index (κ3) is 2.87. The Morgan fingerprint density at radius 3 is 2.94 bits per heavy atom. The number of sulfone groups is 1. The van der Waals surface area contributed by atoms with Gasteiger partial charge in [0.25, 0.3) is 5.91 Å². The number of thiophene rings is 1. The number of amides is 1. The molecule has 1 aromatic heterocycles. The van der Waals surface area contributed by atoms with Crippen LogP contribution in [0.25, 0.3) is 0 Å². The van der Waals surface area contributed by atoms with Crippen molar-refractivity contribution in [3.8, 4) is 0 Å². The van der Waals surface area contributed by atoms with E-state index in [-0.39, 0.29) is 23.5 Å². The van der Waals surface area contributed by atoms with Gasteiger partial charge in [-0.25, -0.2) is 8.42 Å². The van der Waals surface area contributed by atoms with Crippen LogP contribution in [0.5, 0.6) is 0 Å². The molecule has 1 aromatic rings. The maximum absolute atomic E-state index is 12.0. The Kier molecular flexibility index (Phi) is 3.53. The predicted octanol–water partition coefficient (Wildman–Crippen LogP) is 1.23. The summed E-state index contributed by atoms with van der Waals surface area (Å²) in [7, 11) is -2.94. The van der Waals surface area contributed by atoms with Crippen LogP contribution >= 0.6 is 11.3 Å². The van der Waals surface area contributed by atoms with Crippen molar-refractivity contribution in [2.75, 3.05) is 11.5 Å². The number of nitrogens with one attached hydrogen (secondary N) is 1. The Labute approximate surface area is 105 Å². The Morgan fingerprint density at radius 1 is 1.59 bits per heavy atom. The summed E-state index contributed by atoms with van der Waals surface area (Å²) >= 11 is 1.40. The Bertz CT molecular complexity index is 519. The summed E-state index contributed by atoms with van der Waals surface area (Å²) in [5, 5.41) is 4.69. The molecule has 0 aliphatic carbocycles. The van der Waals surface area contributed by atoms with Crippen LogP contribution < -0.4 is 5.32 Å². The molecular weight excluding hydrogens is 258 g/mol. The highest BCUT2D eigenvalue weighted by molar-refractivity contribution is 7.91. The zero-order valence-corrected chi connectivity index (χ0v) is 11.2. The van der Waals surface area contributed by atoms with Crippen LogP contribution in [0.15, 0.2) is 11.4 Å². The average Bonchev–Trinajstić information content (AvgIpc) is 2.84. The molecule has 0 radical (unpaired) electrons. The minimum absolute atomic E-state index is 0.0750. The van der Waals surface area contributed by atoms with Gasteiger partial charge in [-0.2, -0.15) is 0 Å². The molecule has 6 heteroatoms. The third-order valence-corrected chi connectivity index (χ3v) is 5.62. The van der Waals surface area contributed by atoms with E-state index in [9.17, 15) is 13.2 Å². The van der Waals surface area contributed by atoms with Gasteiger partial charge in [-0.15, -0.1) is 11.3 Å². The van der Waals surface area contributed by atoms with Gasteiger partial charge in [-0.1, -0.05) is 6.92 Å². The molecule has 1 N–H and O–H groups in total. The topological polar surface area (TPSA) is 63.2 Å². The van der Waals surface area contributed by atoms with Gasteiger partial charge in [-0.3, -0.25) is 4.79 Å². The Balaban J connectivity index is 2.03. The molecule has 0 aromatic carbocycles. The van der Waals surface area contributed by atoms with E-state index < -0.39 is 9.84 Å². The van der Waals surface area contributed by atoms with Crippen molar-refractivity contribution >= 4 is 27.1 Å². The van der Waals surface area contributed by atoms with Crippen LogP contribution in [0, 0.1) is 0 Å². The summed E-state index contributed by atoms with van der Waals surface area (Å²) in [6.45, 7) is 2.00. The second-order valence-corrected chi connectivity index (χ2v) is 7.35. The molecule has 0 saturated carbocycles. The molecule has 1 unspecified atom stereocenters.